The molecule has 0 aliphatic rings. The molecule has 3 nitrogen and oxygen atoms in total. The van der Waals surface area contributed by atoms with Crippen LogP contribution in [0.1, 0.15) is 12.0 Å². The summed E-state index contributed by atoms with van der Waals surface area (Å²) in [6.07, 6.45) is -4.46. The zero-order valence-electron chi connectivity index (χ0n) is 9.57. The van der Waals surface area contributed by atoms with E-state index in [0.29, 0.717) is 6.07 Å². The van der Waals surface area contributed by atoms with Gasteiger partial charge in [-0.25, -0.2) is 4.39 Å². The van der Waals surface area contributed by atoms with Crippen LogP contribution in [0.2, 0.25) is 0 Å². The van der Waals surface area contributed by atoms with Gasteiger partial charge < -0.3 is 10.6 Å². The van der Waals surface area contributed by atoms with E-state index in [0.717, 1.165) is 12.1 Å². The highest BCUT2D eigenvalue weighted by molar-refractivity contribution is 5.76. The summed E-state index contributed by atoms with van der Waals surface area (Å²) in [5.74, 6) is -1.24. The van der Waals surface area contributed by atoms with Gasteiger partial charge in [-0.3, -0.25) is 4.79 Å². The van der Waals surface area contributed by atoms with Crippen molar-refractivity contribution in [3.05, 3.63) is 29.6 Å². The molecule has 0 aliphatic carbocycles. The van der Waals surface area contributed by atoms with Crippen molar-refractivity contribution in [2.75, 3.05) is 18.9 Å². The maximum atomic E-state index is 13.3. The Hall–Kier alpha value is -1.79. The zero-order chi connectivity index (χ0) is 13.8. The third-order valence-electron chi connectivity index (χ3n) is 2.24. The molecule has 0 saturated heterocycles. The Balaban J connectivity index is 2.66. The van der Waals surface area contributed by atoms with Crippen molar-refractivity contribution in [3.8, 4) is 0 Å². The molecule has 1 aromatic rings. The molecule has 0 aliphatic heterocycles. The van der Waals surface area contributed by atoms with Crippen molar-refractivity contribution >= 4 is 11.6 Å². The Bertz CT molecular complexity index is 432. The van der Waals surface area contributed by atoms with Crippen LogP contribution in [0.5, 0.6) is 0 Å². The molecular weight excluding hydrogens is 252 g/mol. The number of alkyl halides is 3. The third kappa shape index (κ3) is 3.90. The lowest BCUT2D eigenvalue weighted by Gasteiger charge is -2.10. The standard InChI is InChI=1S/C11H12F4N2O/c1-16-10(18)4-5-17-9-3-2-7(6-8(9)12)11(13,14)15/h2-3,6,17H,4-5H2,1H3,(H,16,18). The van der Waals surface area contributed by atoms with E-state index in [1.54, 1.807) is 0 Å². The first kappa shape index (κ1) is 14.3. The van der Waals surface area contributed by atoms with Crippen LogP contribution in [0.3, 0.4) is 0 Å². The second-order valence-electron chi connectivity index (χ2n) is 3.54. The Morgan fingerprint density at radius 3 is 2.50 bits per heavy atom. The topological polar surface area (TPSA) is 41.1 Å². The van der Waals surface area contributed by atoms with Gasteiger partial charge in [0.25, 0.3) is 0 Å². The number of amides is 1. The van der Waals surface area contributed by atoms with Crippen LogP contribution in [-0.4, -0.2) is 19.5 Å². The van der Waals surface area contributed by atoms with Crippen molar-refractivity contribution in [1.82, 2.24) is 5.32 Å². The minimum Gasteiger partial charge on any atom is -0.382 e. The summed E-state index contributed by atoms with van der Waals surface area (Å²) >= 11 is 0. The maximum Gasteiger partial charge on any atom is 0.416 e. The number of carbonyl (C=O) groups excluding carboxylic acids is 1. The summed E-state index contributed by atoms with van der Waals surface area (Å²) in [5, 5.41) is 4.93. The summed E-state index contributed by atoms with van der Waals surface area (Å²) in [7, 11) is 1.46. The van der Waals surface area contributed by atoms with E-state index in [4.69, 9.17) is 0 Å². The van der Waals surface area contributed by atoms with Gasteiger partial charge >= 0.3 is 6.18 Å². The molecule has 1 rings (SSSR count). The summed E-state index contributed by atoms with van der Waals surface area (Å²) in [5.41, 5.74) is -1.11. The van der Waals surface area contributed by atoms with Gasteiger partial charge in [-0.05, 0) is 18.2 Å². The first-order chi connectivity index (χ1) is 8.34. The third-order valence-corrected chi connectivity index (χ3v) is 2.24. The van der Waals surface area contributed by atoms with Crippen molar-refractivity contribution in [2.45, 2.75) is 12.6 Å². The van der Waals surface area contributed by atoms with Crippen molar-refractivity contribution in [1.29, 1.82) is 0 Å². The molecule has 7 heteroatoms. The van der Waals surface area contributed by atoms with E-state index < -0.39 is 17.6 Å². The Morgan fingerprint density at radius 1 is 1.33 bits per heavy atom. The molecule has 0 fully saturated rings. The van der Waals surface area contributed by atoms with Gasteiger partial charge in [0.05, 0.1) is 11.3 Å². The number of benzene rings is 1. The summed E-state index contributed by atoms with van der Waals surface area (Å²) in [6, 6.07) is 2.20. The maximum absolute atomic E-state index is 13.3. The minimum atomic E-state index is -4.57. The number of nitrogens with one attached hydrogen (secondary N) is 2. The number of halogens is 4. The van der Waals surface area contributed by atoms with Crippen LogP contribution in [0.25, 0.3) is 0 Å². The van der Waals surface area contributed by atoms with Gasteiger partial charge in [0.1, 0.15) is 5.82 Å². The molecule has 18 heavy (non-hydrogen) atoms. The highest BCUT2D eigenvalue weighted by atomic mass is 19.4. The average Bonchev–Trinajstić information content (AvgIpc) is 2.29. The summed E-state index contributed by atoms with van der Waals surface area (Å²) in [6.45, 7) is 0.141. The SMILES string of the molecule is CNC(=O)CCNc1ccc(C(F)(F)F)cc1F. The molecule has 0 saturated carbocycles. The second kappa shape index (κ2) is 5.70. The monoisotopic (exact) mass is 264 g/mol. The number of hydrogen-bond acceptors (Lipinski definition) is 2. The van der Waals surface area contributed by atoms with Crippen molar-refractivity contribution in [3.63, 3.8) is 0 Å². The highest BCUT2D eigenvalue weighted by Gasteiger charge is 2.31. The van der Waals surface area contributed by atoms with Gasteiger partial charge in [-0.2, -0.15) is 13.2 Å². The van der Waals surface area contributed by atoms with Crippen molar-refractivity contribution in [2.24, 2.45) is 0 Å². The van der Waals surface area contributed by atoms with E-state index in [1.165, 1.54) is 7.05 Å². The molecule has 0 spiro atoms. The van der Waals surface area contributed by atoms with Gasteiger partial charge in [0.15, 0.2) is 0 Å². The van der Waals surface area contributed by atoms with E-state index in [-0.39, 0.29) is 24.6 Å². The van der Waals surface area contributed by atoms with E-state index >= 15 is 0 Å². The molecule has 0 radical (unpaired) electrons. The van der Waals surface area contributed by atoms with Crippen LogP contribution in [0.4, 0.5) is 23.2 Å². The molecule has 0 heterocycles. The first-order valence-electron chi connectivity index (χ1n) is 5.16. The quantitative estimate of drug-likeness (QED) is 0.820. The fourth-order valence-electron chi connectivity index (χ4n) is 1.27. The predicted octanol–water partition coefficient (Wildman–Crippen LogP) is 2.39. The van der Waals surface area contributed by atoms with Crippen LogP contribution in [0, 0.1) is 5.82 Å². The molecule has 0 atom stereocenters. The summed E-state index contributed by atoms with van der Waals surface area (Å²) in [4.78, 5) is 10.9. The molecule has 100 valence electrons. The summed E-state index contributed by atoms with van der Waals surface area (Å²) < 4.78 is 50.1. The van der Waals surface area contributed by atoms with Gasteiger partial charge in [0.2, 0.25) is 5.91 Å². The van der Waals surface area contributed by atoms with Crippen molar-refractivity contribution < 1.29 is 22.4 Å². The Kier molecular flexibility index (Phi) is 4.52. The number of hydrogen-bond donors (Lipinski definition) is 2. The molecule has 0 aromatic heterocycles. The largest absolute Gasteiger partial charge is 0.416 e. The highest BCUT2D eigenvalue weighted by Crippen LogP contribution is 2.31. The van der Waals surface area contributed by atoms with Crippen LogP contribution in [0.15, 0.2) is 18.2 Å². The van der Waals surface area contributed by atoms with E-state index in [1.807, 2.05) is 0 Å². The molecule has 0 unspecified atom stereocenters. The average molecular weight is 264 g/mol. The fraction of sp³-hybridized carbons (Fsp3) is 0.364. The van der Waals surface area contributed by atoms with Crippen LogP contribution >= 0.6 is 0 Å². The Morgan fingerprint density at radius 2 is 2.00 bits per heavy atom. The lowest BCUT2D eigenvalue weighted by Crippen LogP contribution is -2.21. The minimum absolute atomic E-state index is 0.0631. The lowest BCUT2D eigenvalue weighted by molar-refractivity contribution is -0.137. The molecule has 1 amide bonds. The number of carbonyl (C=O) groups is 1. The number of anilines is 1. The van der Waals surface area contributed by atoms with Crippen LogP contribution < -0.4 is 10.6 Å². The van der Waals surface area contributed by atoms with Gasteiger partial charge in [-0.15, -0.1) is 0 Å². The smallest absolute Gasteiger partial charge is 0.382 e. The first-order valence-corrected chi connectivity index (χ1v) is 5.16. The van der Waals surface area contributed by atoms with E-state index in [9.17, 15) is 22.4 Å². The second-order valence-corrected chi connectivity index (χ2v) is 3.54. The molecule has 2 N–H and O–H groups in total. The van der Waals surface area contributed by atoms with Gasteiger partial charge in [-0.1, -0.05) is 0 Å². The molecule has 0 bridgehead atoms. The number of rotatable bonds is 4. The van der Waals surface area contributed by atoms with E-state index in [2.05, 4.69) is 10.6 Å². The fourth-order valence-corrected chi connectivity index (χ4v) is 1.27. The zero-order valence-corrected chi connectivity index (χ0v) is 9.57. The van der Waals surface area contributed by atoms with Gasteiger partial charge in [0, 0.05) is 20.0 Å². The normalized spacial score (nSPS) is 11.2. The molecule has 1 aromatic carbocycles. The van der Waals surface area contributed by atoms with Crippen LogP contribution in [-0.2, 0) is 11.0 Å². The Labute approximate surface area is 101 Å². The molecular formula is C11H12F4N2O. The predicted molar refractivity (Wildman–Crippen MR) is 58.6 cm³/mol. The lowest BCUT2D eigenvalue weighted by atomic mass is 10.2.